The molecule has 1 aromatic heterocycles. The van der Waals surface area contributed by atoms with Crippen molar-refractivity contribution in [3.8, 4) is 0 Å². The molecule has 2 aromatic rings. The minimum absolute atomic E-state index is 0.724. The van der Waals surface area contributed by atoms with Crippen molar-refractivity contribution in [2.45, 2.75) is 13.3 Å². The Kier molecular flexibility index (Phi) is 3.64. The fourth-order valence-electron chi connectivity index (χ4n) is 1.98. The van der Waals surface area contributed by atoms with Crippen LogP contribution in [0.1, 0.15) is 12.6 Å². The lowest BCUT2D eigenvalue weighted by atomic mass is 10.2. The van der Waals surface area contributed by atoms with Crippen molar-refractivity contribution in [1.82, 2.24) is 9.78 Å². The van der Waals surface area contributed by atoms with Gasteiger partial charge in [0.25, 0.3) is 0 Å². The van der Waals surface area contributed by atoms with Gasteiger partial charge in [-0.05, 0) is 30.7 Å². The van der Waals surface area contributed by atoms with Gasteiger partial charge in [0.1, 0.15) is 0 Å². The molecular formula is C14H21N5. The molecule has 5 nitrogen and oxygen atoms in total. The molecule has 0 unspecified atom stereocenters. The lowest BCUT2D eigenvalue weighted by molar-refractivity contribution is 0.753. The highest BCUT2D eigenvalue weighted by atomic mass is 15.3. The lowest BCUT2D eigenvalue weighted by Gasteiger charge is -2.13. The van der Waals surface area contributed by atoms with Gasteiger partial charge in [0.05, 0.1) is 11.4 Å². The highest BCUT2D eigenvalue weighted by Gasteiger charge is 2.11. The van der Waals surface area contributed by atoms with Crippen molar-refractivity contribution in [3.63, 3.8) is 0 Å². The van der Waals surface area contributed by atoms with E-state index in [1.807, 2.05) is 40.2 Å². The van der Waals surface area contributed by atoms with E-state index in [-0.39, 0.29) is 0 Å². The molecule has 5 heteroatoms. The van der Waals surface area contributed by atoms with Gasteiger partial charge in [-0.15, -0.1) is 0 Å². The Morgan fingerprint density at radius 2 is 1.89 bits per heavy atom. The predicted octanol–water partition coefficient (Wildman–Crippen LogP) is 2.37. The van der Waals surface area contributed by atoms with Crippen LogP contribution in [-0.4, -0.2) is 23.9 Å². The van der Waals surface area contributed by atoms with Crippen LogP contribution in [0.2, 0.25) is 0 Å². The minimum atomic E-state index is 0.724. The molecule has 0 aliphatic rings. The van der Waals surface area contributed by atoms with Crippen molar-refractivity contribution in [3.05, 3.63) is 30.0 Å². The van der Waals surface area contributed by atoms with Crippen LogP contribution in [0.25, 0.3) is 0 Å². The van der Waals surface area contributed by atoms with Crippen molar-refractivity contribution >= 4 is 22.9 Å². The molecule has 0 spiro atoms. The van der Waals surface area contributed by atoms with Crippen molar-refractivity contribution in [2.24, 2.45) is 7.05 Å². The molecule has 0 atom stereocenters. The van der Waals surface area contributed by atoms with E-state index < -0.39 is 0 Å². The Bertz CT molecular complexity index is 554. The summed E-state index contributed by atoms with van der Waals surface area (Å²) in [5.41, 5.74) is 9.90. The molecule has 102 valence electrons. The zero-order valence-electron chi connectivity index (χ0n) is 11.9. The number of hydrogen-bond donors (Lipinski definition) is 2. The Morgan fingerprint density at radius 3 is 2.37 bits per heavy atom. The molecule has 1 aromatic carbocycles. The highest BCUT2D eigenvalue weighted by molar-refractivity contribution is 5.72. The van der Waals surface area contributed by atoms with E-state index in [2.05, 4.69) is 27.4 Å². The Hall–Kier alpha value is -2.17. The molecule has 19 heavy (non-hydrogen) atoms. The van der Waals surface area contributed by atoms with Gasteiger partial charge in [-0.1, -0.05) is 6.92 Å². The van der Waals surface area contributed by atoms with Crippen LogP contribution >= 0.6 is 0 Å². The first-order valence-electron chi connectivity index (χ1n) is 6.38. The van der Waals surface area contributed by atoms with Crippen LogP contribution in [-0.2, 0) is 13.5 Å². The van der Waals surface area contributed by atoms with E-state index in [9.17, 15) is 0 Å². The summed E-state index contributed by atoms with van der Waals surface area (Å²) in [6, 6.07) is 8.20. The number of nitrogen functional groups attached to an aromatic ring is 1. The second kappa shape index (κ2) is 5.22. The summed E-state index contributed by atoms with van der Waals surface area (Å²) in [4.78, 5) is 2.07. The highest BCUT2D eigenvalue weighted by Crippen LogP contribution is 2.26. The van der Waals surface area contributed by atoms with E-state index in [0.29, 0.717) is 0 Å². The molecule has 0 saturated carbocycles. The Balaban J connectivity index is 2.24. The smallest absolute Gasteiger partial charge is 0.152 e. The van der Waals surface area contributed by atoms with E-state index in [4.69, 9.17) is 5.73 Å². The monoisotopic (exact) mass is 259 g/mol. The van der Waals surface area contributed by atoms with Crippen LogP contribution in [0.5, 0.6) is 0 Å². The van der Waals surface area contributed by atoms with E-state index >= 15 is 0 Å². The van der Waals surface area contributed by atoms with Crippen molar-refractivity contribution < 1.29 is 0 Å². The number of aromatic nitrogens is 2. The molecule has 0 radical (unpaired) electrons. The summed E-state index contributed by atoms with van der Waals surface area (Å²) in [6.07, 6.45) is 0.834. The van der Waals surface area contributed by atoms with Crippen LogP contribution in [0.15, 0.2) is 24.3 Å². The van der Waals surface area contributed by atoms with Crippen LogP contribution in [0, 0.1) is 0 Å². The normalized spacial score (nSPS) is 10.5. The number of nitrogens with two attached hydrogens (primary N) is 1. The number of aryl methyl sites for hydroxylation is 2. The first kappa shape index (κ1) is 13.3. The van der Waals surface area contributed by atoms with Gasteiger partial charge in [0.15, 0.2) is 5.82 Å². The largest absolute Gasteiger partial charge is 0.394 e. The molecule has 0 aliphatic heterocycles. The van der Waals surface area contributed by atoms with Gasteiger partial charge < -0.3 is 16.0 Å². The van der Waals surface area contributed by atoms with Gasteiger partial charge >= 0.3 is 0 Å². The molecule has 0 saturated heterocycles. The third-order valence-corrected chi connectivity index (χ3v) is 3.14. The lowest BCUT2D eigenvalue weighted by Crippen LogP contribution is -2.08. The summed E-state index contributed by atoms with van der Waals surface area (Å²) in [6.45, 7) is 2.05. The van der Waals surface area contributed by atoms with Gasteiger partial charge in [0, 0.05) is 32.5 Å². The van der Waals surface area contributed by atoms with Gasteiger partial charge in [-0.3, -0.25) is 4.68 Å². The standard InChI is InChI=1S/C14H21N5/c1-5-12-13(15)14(19(4)17-12)16-10-6-8-11(9-7-10)18(2)3/h6-9,16H,5,15H2,1-4H3. The first-order chi connectivity index (χ1) is 9.02. The van der Waals surface area contributed by atoms with E-state index in [0.717, 1.165) is 35.0 Å². The maximum Gasteiger partial charge on any atom is 0.152 e. The number of rotatable bonds is 4. The summed E-state index contributed by atoms with van der Waals surface area (Å²) in [7, 11) is 5.94. The molecular weight excluding hydrogens is 238 g/mol. The van der Waals surface area contributed by atoms with Crippen LogP contribution in [0.4, 0.5) is 22.9 Å². The molecule has 0 aliphatic carbocycles. The average molecular weight is 259 g/mol. The number of nitrogens with one attached hydrogen (secondary N) is 1. The Morgan fingerprint density at radius 1 is 1.26 bits per heavy atom. The second-order valence-corrected chi connectivity index (χ2v) is 4.75. The quantitative estimate of drug-likeness (QED) is 0.885. The number of nitrogens with zero attached hydrogens (tertiary/aromatic N) is 3. The SMILES string of the molecule is CCc1nn(C)c(Nc2ccc(N(C)C)cc2)c1N. The molecule has 0 amide bonds. The van der Waals surface area contributed by atoms with Gasteiger partial charge in [-0.2, -0.15) is 5.10 Å². The topological polar surface area (TPSA) is 59.1 Å². The zero-order chi connectivity index (χ0) is 14.0. The third kappa shape index (κ3) is 2.65. The second-order valence-electron chi connectivity index (χ2n) is 4.75. The molecule has 1 heterocycles. The number of benzene rings is 1. The fraction of sp³-hybridized carbons (Fsp3) is 0.357. The summed E-state index contributed by atoms with van der Waals surface area (Å²) in [5.74, 6) is 0.842. The van der Waals surface area contributed by atoms with Gasteiger partial charge in [0.2, 0.25) is 0 Å². The minimum Gasteiger partial charge on any atom is -0.394 e. The molecule has 0 fully saturated rings. The Labute approximate surface area is 114 Å². The maximum absolute atomic E-state index is 6.09. The third-order valence-electron chi connectivity index (χ3n) is 3.14. The summed E-state index contributed by atoms with van der Waals surface area (Å²) < 4.78 is 1.79. The van der Waals surface area contributed by atoms with E-state index in [1.165, 1.54) is 0 Å². The summed E-state index contributed by atoms with van der Waals surface area (Å²) >= 11 is 0. The van der Waals surface area contributed by atoms with Gasteiger partial charge in [-0.25, -0.2) is 0 Å². The van der Waals surface area contributed by atoms with Crippen molar-refractivity contribution in [2.75, 3.05) is 30.0 Å². The predicted molar refractivity (Wildman–Crippen MR) is 81.1 cm³/mol. The van der Waals surface area contributed by atoms with Crippen molar-refractivity contribution in [1.29, 1.82) is 0 Å². The van der Waals surface area contributed by atoms with E-state index in [1.54, 1.807) is 4.68 Å². The van der Waals surface area contributed by atoms with Crippen LogP contribution in [0.3, 0.4) is 0 Å². The first-order valence-corrected chi connectivity index (χ1v) is 6.38. The number of anilines is 4. The fourth-order valence-corrected chi connectivity index (χ4v) is 1.98. The molecule has 3 N–H and O–H groups in total. The summed E-state index contributed by atoms with van der Waals surface area (Å²) in [5, 5.41) is 7.71. The number of hydrogen-bond acceptors (Lipinski definition) is 4. The van der Waals surface area contributed by atoms with Crippen LogP contribution < -0.4 is 16.0 Å². The average Bonchev–Trinajstić information content (AvgIpc) is 2.67. The maximum atomic E-state index is 6.09. The molecule has 0 bridgehead atoms. The zero-order valence-corrected chi connectivity index (χ0v) is 11.9. The molecule has 2 rings (SSSR count).